The zero-order valence-corrected chi connectivity index (χ0v) is 16.7. The third-order valence-corrected chi connectivity index (χ3v) is 6.42. The number of fused-ring (bicyclic) bond motifs is 1. The van der Waals surface area contributed by atoms with Gasteiger partial charge in [0, 0.05) is 25.1 Å². The number of unbranched alkanes of at least 4 members (excludes halogenated alkanes) is 2. The molecule has 0 aromatic heterocycles. The molecule has 2 heterocycles. The predicted molar refractivity (Wildman–Crippen MR) is 103 cm³/mol. The van der Waals surface area contributed by atoms with Crippen LogP contribution in [0.3, 0.4) is 0 Å². The number of hydrogen-bond donors (Lipinski definition) is 1. The lowest BCUT2D eigenvalue weighted by molar-refractivity contribution is -0.151. The summed E-state index contributed by atoms with van der Waals surface area (Å²) in [4.78, 5) is 30.3. The van der Waals surface area contributed by atoms with Gasteiger partial charge in [-0.1, -0.05) is 18.6 Å². The Balaban J connectivity index is 1.43. The lowest BCUT2D eigenvalue weighted by Gasteiger charge is -2.22. The van der Waals surface area contributed by atoms with E-state index >= 15 is 0 Å². The Bertz CT molecular complexity index is 881. The number of likely N-dealkylation sites (tertiary alicyclic amines) is 1. The molecule has 0 bridgehead atoms. The molecule has 0 aliphatic carbocycles. The quantitative estimate of drug-likeness (QED) is 0.544. The topological polar surface area (TPSA) is 105 Å². The maximum atomic E-state index is 12.3. The van der Waals surface area contributed by atoms with Crippen LogP contribution in [0.2, 0.25) is 0 Å². The van der Waals surface area contributed by atoms with Crippen LogP contribution in [-0.4, -0.2) is 57.3 Å². The summed E-state index contributed by atoms with van der Waals surface area (Å²) < 4.78 is 31.3. The van der Waals surface area contributed by atoms with Crippen molar-refractivity contribution in [3.05, 3.63) is 29.8 Å². The molecule has 1 aromatic rings. The number of carbonyl (C=O) groups is 2. The van der Waals surface area contributed by atoms with Gasteiger partial charge in [-0.2, -0.15) is 0 Å². The number of ether oxygens (including phenoxy) is 1. The molecular weight excluding hydrogens is 382 g/mol. The number of nitrogens with zero attached hydrogens (tertiary/aromatic N) is 2. The summed E-state index contributed by atoms with van der Waals surface area (Å²) in [5.74, 6) is 0.0160. The van der Waals surface area contributed by atoms with E-state index in [1.807, 2.05) is 0 Å². The average Bonchev–Trinajstić information content (AvgIpc) is 3.27. The summed E-state index contributed by atoms with van der Waals surface area (Å²) in [7, 11) is -2.17. The van der Waals surface area contributed by atoms with E-state index in [4.69, 9.17) is 4.74 Å². The Morgan fingerprint density at radius 2 is 2.04 bits per heavy atom. The summed E-state index contributed by atoms with van der Waals surface area (Å²) in [6.45, 7) is 1.08. The van der Waals surface area contributed by atoms with Gasteiger partial charge < -0.3 is 9.64 Å². The summed E-state index contributed by atoms with van der Waals surface area (Å²) in [5, 5.41) is 0. The van der Waals surface area contributed by atoms with Crippen molar-refractivity contribution in [1.29, 1.82) is 0 Å². The van der Waals surface area contributed by atoms with Gasteiger partial charge in [0.05, 0.1) is 12.0 Å². The Morgan fingerprint density at radius 1 is 1.25 bits per heavy atom. The zero-order chi connectivity index (χ0) is 20.1. The van der Waals surface area contributed by atoms with Gasteiger partial charge in [-0.25, -0.2) is 13.2 Å². The lowest BCUT2D eigenvalue weighted by atomic mass is 10.1. The average molecular weight is 407 g/mol. The van der Waals surface area contributed by atoms with E-state index in [1.165, 1.54) is 7.11 Å². The number of nitrogens with one attached hydrogen (secondary N) is 1. The number of esters is 1. The van der Waals surface area contributed by atoms with E-state index in [2.05, 4.69) is 9.71 Å². The largest absolute Gasteiger partial charge is 0.467 e. The number of rotatable bonds is 7. The zero-order valence-electron chi connectivity index (χ0n) is 15.9. The van der Waals surface area contributed by atoms with Crippen molar-refractivity contribution in [2.75, 3.05) is 20.2 Å². The Labute approximate surface area is 165 Å². The van der Waals surface area contributed by atoms with Gasteiger partial charge in [-0.3, -0.25) is 14.5 Å². The third-order valence-electron chi connectivity index (χ3n) is 5.03. The number of benzene rings is 1. The van der Waals surface area contributed by atoms with Crippen LogP contribution < -0.4 is 4.72 Å². The fraction of sp³-hybridized carbons (Fsp3) is 0.526. The highest BCUT2D eigenvalue weighted by Crippen LogP contribution is 2.22. The molecule has 152 valence electrons. The summed E-state index contributed by atoms with van der Waals surface area (Å²) in [6, 6.07) is 6.31. The molecule has 9 heteroatoms. The molecule has 2 aliphatic rings. The van der Waals surface area contributed by atoms with Crippen LogP contribution in [0.5, 0.6) is 0 Å². The van der Waals surface area contributed by atoms with Crippen LogP contribution in [0.15, 0.2) is 34.2 Å². The molecule has 8 nitrogen and oxygen atoms in total. The third kappa shape index (κ3) is 4.35. The molecule has 1 atom stereocenters. The predicted octanol–water partition coefficient (Wildman–Crippen LogP) is 1.45. The number of amides is 1. The van der Waals surface area contributed by atoms with Crippen molar-refractivity contribution >= 4 is 27.7 Å². The SMILES string of the molecule is COC(=O)[C@@H]1CCCN1C(=O)CCCCCN=C1NS(=O)(=O)c2ccccc21. The molecular formula is C19H25N3O5S. The molecule has 1 amide bonds. The summed E-state index contributed by atoms with van der Waals surface area (Å²) in [5.41, 5.74) is 0.598. The first-order chi connectivity index (χ1) is 13.4. The Hall–Kier alpha value is -2.42. The molecule has 1 fully saturated rings. The van der Waals surface area contributed by atoms with Gasteiger partial charge >= 0.3 is 5.97 Å². The Kier molecular flexibility index (Phi) is 6.33. The molecule has 28 heavy (non-hydrogen) atoms. The van der Waals surface area contributed by atoms with Gasteiger partial charge in [0.2, 0.25) is 5.91 Å². The maximum Gasteiger partial charge on any atom is 0.328 e. The minimum Gasteiger partial charge on any atom is -0.467 e. The highest BCUT2D eigenvalue weighted by Gasteiger charge is 2.34. The van der Waals surface area contributed by atoms with E-state index in [9.17, 15) is 18.0 Å². The van der Waals surface area contributed by atoms with E-state index < -0.39 is 16.1 Å². The lowest BCUT2D eigenvalue weighted by Crippen LogP contribution is -2.40. The van der Waals surface area contributed by atoms with Crippen LogP contribution in [0, 0.1) is 0 Å². The monoisotopic (exact) mass is 407 g/mol. The molecule has 0 unspecified atom stereocenters. The first-order valence-corrected chi connectivity index (χ1v) is 11.0. The number of hydrogen-bond acceptors (Lipinski definition) is 6. The first-order valence-electron chi connectivity index (χ1n) is 9.48. The highest BCUT2D eigenvalue weighted by molar-refractivity contribution is 7.90. The molecule has 1 aromatic carbocycles. The van der Waals surface area contributed by atoms with Crippen molar-refractivity contribution in [2.45, 2.75) is 49.5 Å². The van der Waals surface area contributed by atoms with Crippen LogP contribution in [-0.2, 0) is 24.3 Å². The molecule has 3 rings (SSSR count). The Morgan fingerprint density at radius 3 is 2.82 bits per heavy atom. The van der Waals surface area contributed by atoms with Crippen LogP contribution >= 0.6 is 0 Å². The standard InChI is InChI=1S/C19H25N3O5S/c1-27-19(24)15-9-7-13-22(15)17(23)11-3-2-6-12-20-18-14-8-4-5-10-16(14)28(25,26)21-18/h4-5,8,10,15H,2-3,6-7,9,11-13H2,1H3,(H,20,21)/t15-/m0/s1. The van der Waals surface area contributed by atoms with Gasteiger partial charge in [-0.05, 0) is 37.8 Å². The molecule has 2 aliphatic heterocycles. The summed E-state index contributed by atoms with van der Waals surface area (Å²) in [6.07, 6.45) is 4.12. The highest BCUT2D eigenvalue weighted by atomic mass is 32.2. The molecule has 0 spiro atoms. The number of carbonyl (C=O) groups excluding carboxylic acids is 2. The second-order valence-electron chi connectivity index (χ2n) is 6.91. The first kappa shape index (κ1) is 20.3. The fourth-order valence-corrected chi connectivity index (χ4v) is 4.85. The van der Waals surface area contributed by atoms with Crippen LogP contribution in [0.25, 0.3) is 0 Å². The van der Waals surface area contributed by atoms with Gasteiger partial charge in [-0.15, -0.1) is 0 Å². The number of methoxy groups -OCH3 is 1. The number of amidine groups is 1. The van der Waals surface area contributed by atoms with Crippen molar-refractivity contribution in [3.8, 4) is 0 Å². The van der Waals surface area contributed by atoms with E-state index in [-0.39, 0.29) is 16.8 Å². The number of sulfonamides is 1. The van der Waals surface area contributed by atoms with Crippen LogP contribution in [0.4, 0.5) is 0 Å². The van der Waals surface area contributed by atoms with Crippen molar-refractivity contribution < 1.29 is 22.7 Å². The minimum absolute atomic E-state index is 0.0169. The van der Waals surface area contributed by atoms with Crippen LogP contribution in [0.1, 0.15) is 44.1 Å². The smallest absolute Gasteiger partial charge is 0.328 e. The second-order valence-corrected chi connectivity index (χ2v) is 8.56. The summed E-state index contributed by atoms with van der Waals surface area (Å²) >= 11 is 0. The minimum atomic E-state index is -3.51. The maximum absolute atomic E-state index is 12.3. The van der Waals surface area contributed by atoms with Gasteiger partial charge in [0.15, 0.2) is 0 Å². The van der Waals surface area contributed by atoms with Gasteiger partial charge in [0.1, 0.15) is 11.9 Å². The fourth-order valence-electron chi connectivity index (χ4n) is 3.60. The van der Waals surface area contributed by atoms with Crippen molar-refractivity contribution in [3.63, 3.8) is 0 Å². The molecule has 0 saturated carbocycles. The van der Waals surface area contributed by atoms with E-state index in [0.29, 0.717) is 43.8 Å². The molecule has 1 N–H and O–H groups in total. The van der Waals surface area contributed by atoms with Crippen molar-refractivity contribution in [2.24, 2.45) is 4.99 Å². The van der Waals surface area contributed by atoms with Gasteiger partial charge in [0.25, 0.3) is 10.0 Å². The molecule has 1 saturated heterocycles. The second kappa shape index (κ2) is 8.72. The van der Waals surface area contributed by atoms with E-state index in [0.717, 1.165) is 19.3 Å². The molecule has 0 radical (unpaired) electrons. The van der Waals surface area contributed by atoms with Crippen molar-refractivity contribution in [1.82, 2.24) is 9.62 Å². The normalized spacial score (nSPS) is 21.4. The number of aliphatic imine (C=N–C) groups is 1. The van der Waals surface area contributed by atoms with E-state index in [1.54, 1.807) is 29.2 Å².